The number of hydrogen-bond donors (Lipinski definition) is 1. The summed E-state index contributed by atoms with van der Waals surface area (Å²) in [4.78, 5) is 14.6. The maximum Gasteiger partial charge on any atom is 0.272 e. The zero-order chi connectivity index (χ0) is 16.1. The van der Waals surface area contributed by atoms with E-state index < -0.39 is 0 Å². The molecule has 0 aromatic carbocycles. The molecule has 1 aliphatic heterocycles. The predicted octanol–water partition coefficient (Wildman–Crippen LogP) is 0.845. The van der Waals surface area contributed by atoms with Crippen molar-refractivity contribution in [3.8, 4) is 0 Å². The van der Waals surface area contributed by atoms with Crippen molar-refractivity contribution in [1.82, 2.24) is 24.1 Å². The summed E-state index contributed by atoms with van der Waals surface area (Å²) in [7, 11) is 1.73. The number of aromatic nitrogens is 4. The Morgan fingerprint density at radius 3 is 3.04 bits per heavy atom. The summed E-state index contributed by atoms with van der Waals surface area (Å²) in [5, 5.41) is 20.2. The first kappa shape index (κ1) is 14.8. The van der Waals surface area contributed by atoms with Gasteiger partial charge in [0.15, 0.2) is 5.82 Å². The van der Waals surface area contributed by atoms with E-state index in [1.807, 2.05) is 22.8 Å². The van der Waals surface area contributed by atoms with Crippen molar-refractivity contribution in [3.63, 3.8) is 0 Å². The van der Waals surface area contributed by atoms with E-state index in [9.17, 15) is 9.90 Å². The molecule has 4 heterocycles. The number of likely N-dealkylation sites (tertiary alicyclic amines) is 1. The fraction of sp³-hybridized carbons (Fsp3) is 0.533. The molecule has 2 atom stereocenters. The number of rotatable bonds is 3. The van der Waals surface area contributed by atoms with E-state index in [2.05, 4.69) is 15.1 Å². The Labute approximate surface area is 136 Å². The standard InChI is InChI=1S/C15H19N5O2S/c1-9(21)10-3-5-19(7-10)8-12-16-17-15-18(2)14(22)13-11(20(12)15)4-6-23-13/h4,6,9-10,21H,3,5,7-8H2,1-2H3. The molecule has 4 rings (SSSR count). The van der Waals surface area contributed by atoms with E-state index in [1.165, 1.54) is 11.3 Å². The van der Waals surface area contributed by atoms with Gasteiger partial charge in [-0.2, -0.15) is 0 Å². The molecular weight excluding hydrogens is 314 g/mol. The number of nitrogens with zero attached hydrogens (tertiary/aromatic N) is 5. The molecule has 3 aromatic rings. The highest BCUT2D eigenvalue weighted by Crippen LogP contribution is 2.23. The van der Waals surface area contributed by atoms with Crippen LogP contribution in [0.25, 0.3) is 16.0 Å². The Morgan fingerprint density at radius 1 is 1.48 bits per heavy atom. The summed E-state index contributed by atoms with van der Waals surface area (Å²) in [6, 6.07) is 1.95. The zero-order valence-corrected chi connectivity index (χ0v) is 14.0. The van der Waals surface area contributed by atoms with Crippen LogP contribution >= 0.6 is 11.3 Å². The number of aryl methyl sites for hydroxylation is 1. The highest BCUT2D eigenvalue weighted by molar-refractivity contribution is 7.17. The van der Waals surface area contributed by atoms with Crippen LogP contribution in [0.4, 0.5) is 0 Å². The molecule has 8 heteroatoms. The predicted molar refractivity (Wildman–Crippen MR) is 88.7 cm³/mol. The number of fused-ring (bicyclic) bond motifs is 3. The van der Waals surface area contributed by atoms with E-state index >= 15 is 0 Å². The van der Waals surface area contributed by atoms with E-state index in [1.54, 1.807) is 11.6 Å². The number of aliphatic hydroxyl groups excluding tert-OH is 1. The Balaban J connectivity index is 1.76. The van der Waals surface area contributed by atoms with Crippen molar-refractivity contribution in [2.45, 2.75) is 26.0 Å². The van der Waals surface area contributed by atoms with Gasteiger partial charge in [0.1, 0.15) is 4.70 Å². The van der Waals surface area contributed by atoms with Crippen LogP contribution in [-0.4, -0.2) is 48.4 Å². The van der Waals surface area contributed by atoms with Gasteiger partial charge in [-0.3, -0.25) is 18.7 Å². The van der Waals surface area contributed by atoms with Gasteiger partial charge in [-0.1, -0.05) is 0 Å². The normalized spacial score (nSPS) is 20.7. The molecule has 0 saturated carbocycles. The highest BCUT2D eigenvalue weighted by atomic mass is 32.1. The molecule has 122 valence electrons. The van der Waals surface area contributed by atoms with Gasteiger partial charge < -0.3 is 5.11 Å². The molecule has 7 nitrogen and oxygen atoms in total. The second-order valence-corrected chi connectivity index (χ2v) is 7.19. The summed E-state index contributed by atoms with van der Waals surface area (Å²) in [5.41, 5.74) is 0.844. The summed E-state index contributed by atoms with van der Waals surface area (Å²) < 4.78 is 4.25. The monoisotopic (exact) mass is 333 g/mol. The van der Waals surface area contributed by atoms with Gasteiger partial charge >= 0.3 is 0 Å². The second-order valence-electron chi connectivity index (χ2n) is 6.28. The average molecular weight is 333 g/mol. The van der Waals surface area contributed by atoms with Gasteiger partial charge in [-0.05, 0) is 37.3 Å². The molecular formula is C15H19N5O2S. The van der Waals surface area contributed by atoms with E-state index in [0.717, 1.165) is 35.6 Å². The average Bonchev–Trinajstić information content (AvgIpc) is 3.23. The van der Waals surface area contributed by atoms with Crippen LogP contribution in [0.1, 0.15) is 19.2 Å². The van der Waals surface area contributed by atoms with Crippen molar-refractivity contribution in [3.05, 3.63) is 27.6 Å². The molecule has 0 amide bonds. The molecule has 1 fully saturated rings. The lowest BCUT2D eigenvalue weighted by Crippen LogP contribution is -2.25. The third-order valence-corrected chi connectivity index (χ3v) is 5.64. The molecule has 1 saturated heterocycles. The van der Waals surface area contributed by atoms with Crippen LogP contribution < -0.4 is 5.56 Å². The fourth-order valence-corrected chi connectivity index (χ4v) is 4.21. The van der Waals surface area contributed by atoms with Gasteiger partial charge in [0.25, 0.3) is 5.56 Å². The Morgan fingerprint density at radius 2 is 2.30 bits per heavy atom. The number of thiophene rings is 1. The van der Waals surface area contributed by atoms with Crippen molar-refractivity contribution < 1.29 is 5.11 Å². The Bertz CT molecular complexity index is 925. The Hall–Kier alpha value is -1.77. The maximum atomic E-state index is 12.3. The molecule has 1 aliphatic rings. The van der Waals surface area contributed by atoms with Gasteiger partial charge in [0, 0.05) is 13.6 Å². The quantitative estimate of drug-likeness (QED) is 0.769. The molecule has 23 heavy (non-hydrogen) atoms. The lowest BCUT2D eigenvalue weighted by Gasteiger charge is -2.16. The SMILES string of the molecule is CC(O)C1CCN(Cc2nnc3n(C)c(=O)c4sccc4n23)C1. The molecule has 0 radical (unpaired) electrons. The minimum Gasteiger partial charge on any atom is -0.393 e. The maximum absolute atomic E-state index is 12.3. The van der Waals surface area contributed by atoms with Crippen molar-refractivity contribution >= 4 is 27.3 Å². The number of aliphatic hydroxyl groups is 1. The largest absolute Gasteiger partial charge is 0.393 e. The zero-order valence-electron chi connectivity index (χ0n) is 13.1. The lowest BCUT2D eigenvalue weighted by atomic mass is 10.0. The first-order valence-corrected chi connectivity index (χ1v) is 8.65. The van der Waals surface area contributed by atoms with E-state index in [4.69, 9.17) is 0 Å². The highest BCUT2D eigenvalue weighted by Gasteiger charge is 2.27. The summed E-state index contributed by atoms with van der Waals surface area (Å²) in [6.07, 6.45) is 0.723. The Kier molecular flexibility index (Phi) is 3.47. The summed E-state index contributed by atoms with van der Waals surface area (Å²) in [6.45, 7) is 4.34. The molecule has 0 spiro atoms. The molecule has 3 aromatic heterocycles. The van der Waals surface area contributed by atoms with Crippen LogP contribution in [0.3, 0.4) is 0 Å². The van der Waals surface area contributed by atoms with Gasteiger partial charge in [0.2, 0.25) is 5.78 Å². The van der Waals surface area contributed by atoms with E-state index in [-0.39, 0.29) is 11.7 Å². The molecule has 0 aliphatic carbocycles. The van der Waals surface area contributed by atoms with Crippen LogP contribution in [-0.2, 0) is 13.6 Å². The topological polar surface area (TPSA) is 75.7 Å². The third-order valence-electron chi connectivity index (χ3n) is 4.75. The molecule has 2 unspecified atom stereocenters. The minimum atomic E-state index is -0.278. The van der Waals surface area contributed by atoms with Crippen molar-refractivity contribution in [1.29, 1.82) is 0 Å². The van der Waals surface area contributed by atoms with Crippen LogP contribution in [0.5, 0.6) is 0 Å². The first-order chi connectivity index (χ1) is 11.1. The minimum absolute atomic E-state index is 0.0307. The lowest BCUT2D eigenvalue weighted by molar-refractivity contribution is 0.127. The molecule has 1 N–H and O–H groups in total. The second kappa shape index (κ2) is 5.40. The summed E-state index contributed by atoms with van der Waals surface area (Å²) >= 11 is 1.45. The van der Waals surface area contributed by atoms with Gasteiger partial charge in [-0.25, -0.2) is 0 Å². The third kappa shape index (κ3) is 2.29. The van der Waals surface area contributed by atoms with Crippen LogP contribution in [0.2, 0.25) is 0 Å². The van der Waals surface area contributed by atoms with E-state index in [0.29, 0.717) is 18.2 Å². The number of hydrogen-bond acceptors (Lipinski definition) is 6. The smallest absolute Gasteiger partial charge is 0.272 e. The van der Waals surface area contributed by atoms with Crippen LogP contribution in [0.15, 0.2) is 16.2 Å². The first-order valence-electron chi connectivity index (χ1n) is 7.77. The van der Waals surface area contributed by atoms with Crippen LogP contribution in [0, 0.1) is 5.92 Å². The van der Waals surface area contributed by atoms with Crippen molar-refractivity contribution in [2.24, 2.45) is 13.0 Å². The molecule has 0 bridgehead atoms. The van der Waals surface area contributed by atoms with Gasteiger partial charge in [-0.15, -0.1) is 21.5 Å². The summed E-state index contributed by atoms with van der Waals surface area (Å²) in [5.74, 6) is 1.73. The fourth-order valence-electron chi connectivity index (χ4n) is 3.36. The van der Waals surface area contributed by atoms with Crippen molar-refractivity contribution in [2.75, 3.05) is 13.1 Å². The van der Waals surface area contributed by atoms with Gasteiger partial charge in [0.05, 0.1) is 18.2 Å².